The fourth-order valence-electron chi connectivity index (χ4n) is 1.65. The monoisotopic (exact) mass is 321 g/mol. The molecule has 0 aliphatic heterocycles. The molecule has 22 heavy (non-hydrogen) atoms. The lowest BCUT2D eigenvalue weighted by molar-refractivity contribution is 0.0594. The molecule has 0 N–H and O–H groups in total. The molecular weight excluding hydrogens is 316 g/mol. The maximum atomic E-state index is 13.7. The average molecular weight is 321 g/mol. The SMILES string of the molecule is COC(=O)c1ccc(F)c(-c2c(F)c(F)c(F)c(F)c2F)n1. The van der Waals surface area contributed by atoms with E-state index in [2.05, 4.69) is 9.72 Å². The number of hydrogen-bond acceptors (Lipinski definition) is 3. The fraction of sp³-hybridized carbons (Fsp3) is 0.0769. The average Bonchev–Trinajstić information content (AvgIpc) is 2.52. The summed E-state index contributed by atoms with van der Waals surface area (Å²) in [6, 6.07) is 1.42. The van der Waals surface area contributed by atoms with Gasteiger partial charge in [-0.05, 0) is 12.1 Å². The van der Waals surface area contributed by atoms with Crippen LogP contribution in [0, 0.1) is 34.9 Å². The molecule has 0 aliphatic carbocycles. The Bertz CT molecular complexity index is 749. The molecule has 0 aliphatic rings. The summed E-state index contributed by atoms with van der Waals surface area (Å²) >= 11 is 0. The van der Waals surface area contributed by atoms with Gasteiger partial charge in [-0.1, -0.05) is 0 Å². The topological polar surface area (TPSA) is 39.2 Å². The van der Waals surface area contributed by atoms with Gasteiger partial charge in [-0.3, -0.25) is 0 Å². The summed E-state index contributed by atoms with van der Waals surface area (Å²) < 4.78 is 84.5. The molecule has 0 saturated carbocycles. The van der Waals surface area contributed by atoms with Gasteiger partial charge in [-0.25, -0.2) is 36.1 Å². The lowest BCUT2D eigenvalue weighted by Gasteiger charge is -2.09. The Balaban J connectivity index is 2.80. The molecule has 2 rings (SSSR count). The lowest BCUT2D eigenvalue weighted by atomic mass is 10.1. The van der Waals surface area contributed by atoms with Crippen molar-refractivity contribution in [1.29, 1.82) is 0 Å². The number of nitrogens with zero attached hydrogens (tertiary/aromatic N) is 1. The third-order valence-corrected chi connectivity index (χ3v) is 2.69. The van der Waals surface area contributed by atoms with E-state index in [4.69, 9.17) is 0 Å². The van der Waals surface area contributed by atoms with E-state index in [1.165, 1.54) is 0 Å². The van der Waals surface area contributed by atoms with Crippen LogP contribution in [0.5, 0.6) is 0 Å². The quantitative estimate of drug-likeness (QED) is 0.368. The van der Waals surface area contributed by atoms with E-state index in [1.54, 1.807) is 0 Å². The van der Waals surface area contributed by atoms with Crippen LogP contribution in [0.2, 0.25) is 0 Å². The molecule has 0 radical (unpaired) electrons. The standard InChI is InChI=1S/C13H5F6NO2/c1-22-13(21)5-3-2-4(14)12(20-5)6-7(15)9(17)11(19)10(18)8(6)16/h2-3H,1H3. The second-order valence-corrected chi connectivity index (χ2v) is 3.96. The van der Waals surface area contributed by atoms with E-state index in [9.17, 15) is 31.1 Å². The van der Waals surface area contributed by atoms with Gasteiger partial charge in [0.05, 0.1) is 12.7 Å². The predicted octanol–water partition coefficient (Wildman–Crippen LogP) is 3.37. The summed E-state index contributed by atoms with van der Waals surface area (Å²) in [4.78, 5) is 14.5. The maximum Gasteiger partial charge on any atom is 0.356 e. The minimum Gasteiger partial charge on any atom is -0.464 e. The second-order valence-electron chi connectivity index (χ2n) is 3.96. The number of carbonyl (C=O) groups excluding carboxylic acids is 1. The molecule has 0 fully saturated rings. The number of esters is 1. The van der Waals surface area contributed by atoms with Gasteiger partial charge in [0.1, 0.15) is 17.2 Å². The fourth-order valence-corrected chi connectivity index (χ4v) is 1.65. The number of hydrogen-bond donors (Lipinski definition) is 0. The van der Waals surface area contributed by atoms with E-state index in [-0.39, 0.29) is 0 Å². The summed E-state index contributed by atoms with van der Waals surface area (Å²) in [5.74, 6) is -13.9. The molecular formula is C13H5F6NO2. The molecule has 0 atom stereocenters. The number of benzene rings is 1. The molecule has 0 saturated heterocycles. The normalized spacial score (nSPS) is 10.7. The summed E-state index contributed by atoms with van der Waals surface area (Å²) in [6.07, 6.45) is 0. The molecule has 3 nitrogen and oxygen atoms in total. The lowest BCUT2D eigenvalue weighted by Crippen LogP contribution is -2.09. The molecule has 2 aromatic rings. The number of ether oxygens (including phenoxy) is 1. The van der Waals surface area contributed by atoms with Gasteiger partial charge in [-0.15, -0.1) is 0 Å². The molecule has 1 heterocycles. The van der Waals surface area contributed by atoms with Crippen LogP contribution in [-0.4, -0.2) is 18.1 Å². The minimum absolute atomic E-state index is 0.567. The summed E-state index contributed by atoms with van der Waals surface area (Å²) in [7, 11) is 0.964. The van der Waals surface area contributed by atoms with Gasteiger partial charge in [0.25, 0.3) is 0 Å². The summed E-state index contributed by atoms with van der Waals surface area (Å²) in [5.41, 5.74) is -3.34. The highest BCUT2D eigenvalue weighted by molar-refractivity contribution is 5.87. The van der Waals surface area contributed by atoms with E-state index >= 15 is 0 Å². The number of pyridine rings is 1. The van der Waals surface area contributed by atoms with Gasteiger partial charge in [0.15, 0.2) is 23.3 Å². The molecule has 1 aromatic heterocycles. The Labute approximate surface area is 119 Å². The number of rotatable bonds is 2. The van der Waals surface area contributed by atoms with Crippen molar-refractivity contribution in [3.63, 3.8) is 0 Å². The van der Waals surface area contributed by atoms with Crippen LogP contribution in [0.3, 0.4) is 0 Å². The minimum atomic E-state index is -2.39. The maximum absolute atomic E-state index is 13.7. The first-order chi connectivity index (χ1) is 10.3. The van der Waals surface area contributed by atoms with Crippen molar-refractivity contribution in [2.75, 3.05) is 7.11 Å². The smallest absolute Gasteiger partial charge is 0.356 e. The number of carbonyl (C=O) groups is 1. The summed E-state index contributed by atoms with van der Waals surface area (Å²) in [6.45, 7) is 0. The number of halogens is 6. The van der Waals surface area contributed by atoms with E-state index in [1.807, 2.05) is 0 Å². The highest BCUT2D eigenvalue weighted by atomic mass is 19.2. The Morgan fingerprint density at radius 3 is 1.91 bits per heavy atom. The Hall–Kier alpha value is -2.58. The van der Waals surface area contributed by atoms with Crippen molar-refractivity contribution in [2.24, 2.45) is 0 Å². The van der Waals surface area contributed by atoms with Crippen molar-refractivity contribution in [1.82, 2.24) is 4.98 Å². The molecule has 0 spiro atoms. The van der Waals surface area contributed by atoms with Gasteiger partial charge >= 0.3 is 5.97 Å². The van der Waals surface area contributed by atoms with Crippen LogP contribution >= 0.6 is 0 Å². The molecule has 0 amide bonds. The van der Waals surface area contributed by atoms with Gasteiger partial charge in [0, 0.05) is 0 Å². The van der Waals surface area contributed by atoms with Crippen molar-refractivity contribution in [3.05, 3.63) is 52.7 Å². The Kier molecular flexibility index (Phi) is 4.07. The largest absolute Gasteiger partial charge is 0.464 e. The van der Waals surface area contributed by atoms with Crippen LogP contribution in [0.1, 0.15) is 10.5 Å². The van der Waals surface area contributed by atoms with E-state index in [0.717, 1.165) is 13.2 Å². The van der Waals surface area contributed by atoms with Crippen LogP contribution in [0.25, 0.3) is 11.3 Å². The van der Waals surface area contributed by atoms with Crippen LogP contribution in [-0.2, 0) is 4.74 Å². The highest BCUT2D eigenvalue weighted by Gasteiger charge is 2.29. The first kappa shape index (κ1) is 15.8. The molecule has 0 bridgehead atoms. The van der Waals surface area contributed by atoms with E-state index in [0.29, 0.717) is 6.07 Å². The molecule has 9 heteroatoms. The zero-order valence-corrected chi connectivity index (χ0v) is 10.7. The Morgan fingerprint density at radius 2 is 1.41 bits per heavy atom. The van der Waals surface area contributed by atoms with Crippen molar-refractivity contribution >= 4 is 5.97 Å². The van der Waals surface area contributed by atoms with Gasteiger partial charge < -0.3 is 4.74 Å². The zero-order chi connectivity index (χ0) is 16.6. The third kappa shape index (κ3) is 2.38. The third-order valence-electron chi connectivity index (χ3n) is 2.69. The molecule has 116 valence electrons. The second kappa shape index (κ2) is 5.66. The van der Waals surface area contributed by atoms with E-state index < -0.39 is 57.8 Å². The first-order valence-electron chi connectivity index (χ1n) is 5.56. The van der Waals surface area contributed by atoms with Crippen LogP contribution < -0.4 is 0 Å². The van der Waals surface area contributed by atoms with Gasteiger partial charge in [0.2, 0.25) is 5.82 Å². The van der Waals surface area contributed by atoms with Crippen LogP contribution in [0.4, 0.5) is 26.3 Å². The number of methoxy groups -OCH3 is 1. The Morgan fingerprint density at radius 1 is 0.909 bits per heavy atom. The van der Waals surface area contributed by atoms with Crippen LogP contribution in [0.15, 0.2) is 12.1 Å². The van der Waals surface area contributed by atoms with Crippen molar-refractivity contribution < 1.29 is 35.9 Å². The molecule has 1 aromatic carbocycles. The summed E-state index contributed by atoms with van der Waals surface area (Å²) in [5, 5.41) is 0. The van der Waals surface area contributed by atoms with Crippen molar-refractivity contribution in [2.45, 2.75) is 0 Å². The first-order valence-corrected chi connectivity index (χ1v) is 5.56. The molecule has 0 unspecified atom stereocenters. The zero-order valence-electron chi connectivity index (χ0n) is 10.7. The van der Waals surface area contributed by atoms with Gasteiger partial charge in [-0.2, -0.15) is 0 Å². The highest BCUT2D eigenvalue weighted by Crippen LogP contribution is 2.32. The number of aromatic nitrogens is 1. The van der Waals surface area contributed by atoms with Crippen molar-refractivity contribution in [3.8, 4) is 11.3 Å². The predicted molar refractivity (Wildman–Crippen MR) is 60.8 cm³/mol.